The lowest BCUT2D eigenvalue weighted by molar-refractivity contribution is 0.332. The summed E-state index contributed by atoms with van der Waals surface area (Å²) in [7, 11) is 0. The van der Waals surface area contributed by atoms with E-state index in [9.17, 15) is 0 Å². The molecule has 82 valence electrons. The van der Waals surface area contributed by atoms with Crippen molar-refractivity contribution in [2.45, 2.75) is 13.3 Å². The fourth-order valence-electron chi connectivity index (χ4n) is 0.846. The number of ether oxygens (including phenoxy) is 1. The quantitative estimate of drug-likeness (QED) is 0.754. The van der Waals surface area contributed by atoms with E-state index in [1.165, 1.54) is 0 Å². The van der Waals surface area contributed by atoms with Gasteiger partial charge in [0.1, 0.15) is 6.61 Å². The molecule has 0 amide bonds. The van der Waals surface area contributed by atoms with Crippen molar-refractivity contribution in [2.24, 2.45) is 0 Å². The summed E-state index contributed by atoms with van der Waals surface area (Å²) in [6.45, 7) is 6.69. The molecule has 5 nitrogen and oxygen atoms in total. The largest absolute Gasteiger partial charge is 0.459 e. The van der Waals surface area contributed by atoms with Gasteiger partial charge >= 0.3 is 6.01 Å². The van der Waals surface area contributed by atoms with Gasteiger partial charge in [-0.1, -0.05) is 19.6 Å². The van der Waals surface area contributed by atoms with Crippen LogP contribution in [-0.2, 0) is 0 Å². The molecule has 6 heteroatoms. The number of hydrogen-bond donors (Lipinski definition) is 1. The Morgan fingerprint density at radius 3 is 2.93 bits per heavy atom. The topological polar surface area (TPSA) is 59.9 Å². The fraction of sp³-hybridized carbons (Fsp3) is 0.444. The van der Waals surface area contributed by atoms with Gasteiger partial charge < -0.3 is 10.1 Å². The Morgan fingerprint density at radius 2 is 2.27 bits per heavy atom. The van der Waals surface area contributed by atoms with Gasteiger partial charge in [-0.3, -0.25) is 0 Å². The molecule has 1 aromatic rings. The fourth-order valence-corrected chi connectivity index (χ4v) is 0.998. The Kier molecular flexibility index (Phi) is 4.83. The van der Waals surface area contributed by atoms with Crippen LogP contribution in [0.1, 0.15) is 13.3 Å². The minimum Gasteiger partial charge on any atom is -0.459 e. The van der Waals surface area contributed by atoms with Crippen molar-refractivity contribution in [2.75, 3.05) is 18.5 Å². The number of aromatic nitrogens is 3. The second-order valence-corrected chi connectivity index (χ2v) is 3.08. The Labute approximate surface area is 93.6 Å². The van der Waals surface area contributed by atoms with E-state index < -0.39 is 0 Å². The van der Waals surface area contributed by atoms with Crippen LogP contribution in [0.25, 0.3) is 0 Å². The summed E-state index contributed by atoms with van der Waals surface area (Å²) in [4.78, 5) is 11.7. The summed E-state index contributed by atoms with van der Waals surface area (Å²) < 4.78 is 5.15. The summed E-state index contributed by atoms with van der Waals surface area (Å²) in [5.41, 5.74) is 0. The van der Waals surface area contributed by atoms with Crippen molar-refractivity contribution in [3.05, 3.63) is 17.9 Å². The van der Waals surface area contributed by atoms with Crippen molar-refractivity contribution >= 4 is 17.5 Å². The molecule has 0 aromatic carbocycles. The normalized spacial score (nSPS) is 9.73. The highest BCUT2D eigenvalue weighted by atomic mass is 35.5. The van der Waals surface area contributed by atoms with Crippen LogP contribution in [0, 0.1) is 0 Å². The van der Waals surface area contributed by atoms with E-state index in [0.717, 1.165) is 13.0 Å². The number of rotatable bonds is 6. The molecule has 0 atom stereocenters. The smallest absolute Gasteiger partial charge is 0.322 e. The van der Waals surface area contributed by atoms with E-state index in [4.69, 9.17) is 16.3 Å². The van der Waals surface area contributed by atoms with E-state index in [0.29, 0.717) is 12.6 Å². The van der Waals surface area contributed by atoms with Crippen LogP contribution in [-0.4, -0.2) is 28.1 Å². The summed E-state index contributed by atoms with van der Waals surface area (Å²) in [5.74, 6) is 0.427. The van der Waals surface area contributed by atoms with Crippen molar-refractivity contribution in [1.82, 2.24) is 15.0 Å². The van der Waals surface area contributed by atoms with Crippen molar-refractivity contribution in [3.8, 4) is 6.01 Å². The molecule has 15 heavy (non-hydrogen) atoms. The van der Waals surface area contributed by atoms with Gasteiger partial charge in [0.25, 0.3) is 0 Å². The summed E-state index contributed by atoms with van der Waals surface area (Å²) in [6.07, 6.45) is 2.59. The van der Waals surface area contributed by atoms with Gasteiger partial charge in [0, 0.05) is 6.54 Å². The molecular weight excluding hydrogens is 216 g/mol. The molecule has 1 N–H and O–H groups in total. The molecule has 0 unspecified atom stereocenters. The molecule has 0 spiro atoms. The van der Waals surface area contributed by atoms with Gasteiger partial charge in [-0.25, -0.2) is 0 Å². The maximum atomic E-state index is 5.70. The number of halogens is 1. The van der Waals surface area contributed by atoms with E-state index >= 15 is 0 Å². The Balaban J connectivity index is 2.70. The number of anilines is 1. The van der Waals surface area contributed by atoms with Gasteiger partial charge in [-0.15, -0.1) is 0 Å². The Hall–Kier alpha value is -1.36. The highest BCUT2D eigenvalue weighted by Crippen LogP contribution is 2.11. The molecule has 0 aliphatic carbocycles. The van der Waals surface area contributed by atoms with Crippen LogP contribution >= 0.6 is 11.6 Å². The van der Waals surface area contributed by atoms with Gasteiger partial charge in [-0.2, -0.15) is 15.0 Å². The number of hydrogen-bond acceptors (Lipinski definition) is 5. The molecule has 0 radical (unpaired) electrons. The third kappa shape index (κ3) is 4.12. The molecule has 0 saturated heterocycles. The van der Waals surface area contributed by atoms with Crippen LogP contribution in [0.4, 0.5) is 5.95 Å². The summed E-state index contributed by atoms with van der Waals surface area (Å²) in [5, 5.41) is 3.11. The average molecular weight is 229 g/mol. The monoisotopic (exact) mass is 228 g/mol. The van der Waals surface area contributed by atoms with E-state index in [-0.39, 0.29) is 11.3 Å². The predicted octanol–water partition coefficient (Wildman–Crippen LogP) is 1.91. The minimum absolute atomic E-state index is 0.114. The highest BCUT2D eigenvalue weighted by molar-refractivity contribution is 6.28. The molecule has 1 heterocycles. The molecule has 0 saturated carbocycles. The first-order valence-electron chi connectivity index (χ1n) is 4.65. The lowest BCUT2D eigenvalue weighted by Crippen LogP contribution is -2.07. The zero-order chi connectivity index (χ0) is 11.1. The highest BCUT2D eigenvalue weighted by Gasteiger charge is 2.04. The van der Waals surface area contributed by atoms with Gasteiger partial charge in [0.15, 0.2) is 0 Å². The molecule has 0 aliphatic heterocycles. The average Bonchev–Trinajstić information content (AvgIpc) is 2.23. The van der Waals surface area contributed by atoms with Crippen LogP contribution in [0.2, 0.25) is 5.28 Å². The standard InChI is InChI=1S/C9H13ClN4O/c1-3-5-11-8-12-7(10)13-9(14-8)15-6-4-2/h4H,2-3,5-6H2,1H3,(H,11,12,13,14). The number of nitrogens with zero attached hydrogens (tertiary/aromatic N) is 3. The predicted molar refractivity (Wildman–Crippen MR) is 59.3 cm³/mol. The molecule has 0 fully saturated rings. The molecule has 0 aliphatic rings. The van der Waals surface area contributed by atoms with Crippen molar-refractivity contribution in [3.63, 3.8) is 0 Å². The van der Waals surface area contributed by atoms with E-state index in [1.54, 1.807) is 6.08 Å². The van der Waals surface area contributed by atoms with E-state index in [1.807, 2.05) is 6.92 Å². The molecule has 0 bridgehead atoms. The lowest BCUT2D eigenvalue weighted by Gasteiger charge is -2.05. The molecular formula is C9H13ClN4O. The SMILES string of the molecule is C=CCOc1nc(Cl)nc(NCCC)n1. The molecule has 1 aromatic heterocycles. The van der Waals surface area contributed by atoms with Gasteiger partial charge in [-0.05, 0) is 18.0 Å². The second-order valence-electron chi connectivity index (χ2n) is 2.74. The van der Waals surface area contributed by atoms with E-state index in [2.05, 4.69) is 26.8 Å². The molecule has 1 rings (SSSR count). The third-order valence-corrected chi connectivity index (χ3v) is 1.62. The zero-order valence-electron chi connectivity index (χ0n) is 8.53. The van der Waals surface area contributed by atoms with Crippen molar-refractivity contribution < 1.29 is 4.74 Å². The summed E-state index contributed by atoms with van der Waals surface area (Å²) in [6, 6.07) is 0.202. The van der Waals surface area contributed by atoms with Crippen LogP contribution in [0.5, 0.6) is 6.01 Å². The summed E-state index contributed by atoms with van der Waals surface area (Å²) >= 11 is 5.70. The van der Waals surface area contributed by atoms with Crippen LogP contribution in [0.3, 0.4) is 0 Å². The van der Waals surface area contributed by atoms with Crippen LogP contribution < -0.4 is 10.1 Å². The third-order valence-electron chi connectivity index (χ3n) is 1.45. The maximum Gasteiger partial charge on any atom is 0.322 e. The Morgan fingerprint density at radius 1 is 1.47 bits per heavy atom. The lowest BCUT2D eigenvalue weighted by atomic mass is 10.5. The zero-order valence-corrected chi connectivity index (χ0v) is 9.29. The Bertz CT molecular complexity index is 332. The number of nitrogens with one attached hydrogen (secondary N) is 1. The second kappa shape index (κ2) is 6.19. The van der Waals surface area contributed by atoms with Gasteiger partial charge in [0.05, 0.1) is 0 Å². The van der Waals surface area contributed by atoms with Crippen molar-refractivity contribution in [1.29, 1.82) is 0 Å². The minimum atomic E-state index is 0.114. The van der Waals surface area contributed by atoms with Crippen LogP contribution in [0.15, 0.2) is 12.7 Å². The first-order valence-corrected chi connectivity index (χ1v) is 5.03. The first kappa shape index (κ1) is 11.7. The first-order chi connectivity index (χ1) is 7.26. The maximum absolute atomic E-state index is 5.70. The van der Waals surface area contributed by atoms with Gasteiger partial charge in [0.2, 0.25) is 11.2 Å².